The van der Waals surface area contributed by atoms with Crippen LogP contribution in [0.1, 0.15) is 39.2 Å². The van der Waals surface area contributed by atoms with Gasteiger partial charge < -0.3 is 11.1 Å². The van der Waals surface area contributed by atoms with Crippen molar-refractivity contribution in [2.75, 3.05) is 6.54 Å². The third-order valence-electron chi connectivity index (χ3n) is 3.47. The summed E-state index contributed by atoms with van der Waals surface area (Å²) < 4.78 is 0. The van der Waals surface area contributed by atoms with E-state index in [-0.39, 0.29) is 5.91 Å². The molecule has 3 heteroatoms. The molecule has 2 atom stereocenters. The first-order valence-electron chi connectivity index (χ1n) is 6.58. The van der Waals surface area contributed by atoms with Crippen molar-refractivity contribution in [1.29, 1.82) is 0 Å². The Labute approximate surface area is 110 Å². The Morgan fingerprint density at radius 2 is 2.00 bits per heavy atom. The molecule has 1 amide bonds. The third-order valence-corrected chi connectivity index (χ3v) is 3.47. The fourth-order valence-electron chi connectivity index (χ4n) is 1.87. The number of nitrogens with two attached hydrogens (primary N) is 1. The Bertz CT molecular complexity index is 377. The number of amides is 1. The average Bonchev–Trinajstić information content (AvgIpc) is 2.39. The van der Waals surface area contributed by atoms with E-state index in [0.717, 1.165) is 12.0 Å². The van der Waals surface area contributed by atoms with Gasteiger partial charge in [-0.1, -0.05) is 50.6 Å². The summed E-state index contributed by atoms with van der Waals surface area (Å²) in [6, 6.07) is 9.88. The molecule has 1 aromatic carbocycles. The molecule has 3 N–H and O–H groups in total. The van der Waals surface area contributed by atoms with Gasteiger partial charge in [-0.3, -0.25) is 4.79 Å². The molecule has 18 heavy (non-hydrogen) atoms. The molecule has 0 aromatic heterocycles. The first-order chi connectivity index (χ1) is 8.51. The van der Waals surface area contributed by atoms with Crippen LogP contribution < -0.4 is 11.1 Å². The molecule has 3 nitrogen and oxygen atoms in total. The van der Waals surface area contributed by atoms with Crippen LogP contribution in [0, 0.1) is 5.92 Å². The lowest BCUT2D eigenvalue weighted by Gasteiger charge is -2.30. The SMILES string of the molecule is CCC(C)CC(=O)NC(C)(CN)c1ccccc1. The summed E-state index contributed by atoms with van der Waals surface area (Å²) in [7, 11) is 0. The standard InChI is InChI=1S/C15H24N2O/c1-4-12(2)10-14(18)17-15(3,11-16)13-8-6-5-7-9-13/h5-9,12H,4,10-11,16H2,1-3H3,(H,17,18). The number of carbonyl (C=O) groups excluding carboxylic acids is 1. The van der Waals surface area contributed by atoms with Gasteiger partial charge in [-0.15, -0.1) is 0 Å². The van der Waals surface area contributed by atoms with Gasteiger partial charge in [-0.25, -0.2) is 0 Å². The van der Waals surface area contributed by atoms with Crippen LogP contribution in [0.15, 0.2) is 30.3 Å². The van der Waals surface area contributed by atoms with E-state index in [9.17, 15) is 4.79 Å². The first kappa shape index (κ1) is 14.7. The Balaban J connectivity index is 2.75. The molecule has 0 aliphatic carbocycles. The van der Waals surface area contributed by atoms with Crippen molar-refractivity contribution in [3.8, 4) is 0 Å². The quantitative estimate of drug-likeness (QED) is 0.812. The van der Waals surface area contributed by atoms with Gasteiger partial charge in [0.05, 0.1) is 5.54 Å². The van der Waals surface area contributed by atoms with Gasteiger partial charge in [0.15, 0.2) is 0 Å². The maximum absolute atomic E-state index is 12.0. The zero-order valence-electron chi connectivity index (χ0n) is 11.6. The summed E-state index contributed by atoms with van der Waals surface area (Å²) in [5.74, 6) is 0.476. The molecular weight excluding hydrogens is 224 g/mol. The highest BCUT2D eigenvalue weighted by Gasteiger charge is 2.26. The van der Waals surface area contributed by atoms with E-state index in [1.807, 2.05) is 37.3 Å². The number of carbonyl (C=O) groups is 1. The maximum Gasteiger partial charge on any atom is 0.220 e. The summed E-state index contributed by atoms with van der Waals surface area (Å²) in [5, 5.41) is 3.06. The molecule has 0 aliphatic rings. The topological polar surface area (TPSA) is 55.1 Å². The molecule has 100 valence electrons. The zero-order chi connectivity index (χ0) is 13.6. The van der Waals surface area contributed by atoms with Gasteiger partial charge in [0.1, 0.15) is 0 Å². The van der Waals surface area contributed by atoms with Gasteiger partial charge in [0.25, 0.3) is 0 Å². The number of rotatable bonds is 6. The van der Waals surface area contributed by atoms with Crippen LogP contribution in [0.25, 0.3) is 0 Å². The van der Waals surface area contributed by atoms with Crippen LogP contribution in [0.4, 0.5) is 0 Å². The minimum Gasteiger partial charge on any atom is -0.346 e. The van der Waals surface area contributed by atoms with Crippen molar-refractivity contribution in [3.05, 3.63) is 35.9 Å². The van der Waals surface area contributed by atoms with Crippen LogP contribution in [0.3, 0.4) is 0 Å². The van der Waals surface area contributed by atoms with E-state index >= 15 is 0 Å². The zero-order valence-corrected chi connectivity index (χ0v) is 11.6. The van der Waals surface area contributed by atoms with E-state index in [4.69, 9.17) is 5.73 Å². The van der Waals surface area contributed by atoms with Crippen molar-refractivity contribution >= 4 is 5.91 Å². The molecule has 1 aromatic rings. The van der Waals surface area contributed by atoms with Crippen molar-refractivity contribution in [2.24, 2.45) is 11.7 Å². The molecular formula is C15H24N2O. The maximum atomic E-state index is 12.0. The Morgan fingerprint density at radius 3 is 2.50 bits per heavy atom. The lowest BCUT2D eigenvalue weighted by atomic mass is 9.91. The van der Waals surface area contributed by atoms with Crippen LogP contribution in [-0.2, 0) is 10.3 Å². The highest BCUT2D eigenvalue weighted by atomic mass is 16.1. The van der Waals surface area contributed by atoms with E-state index in [0.29, 0.717) is 18.9 Å². The molecule has 2 unspecified atom stereocenters. The second-order valence-corrected chi connectivity index (χ2v) is 5.17. The fourth-order valence-corrected chi connectivity index (χ4v) is 1.87. The van der Waals surface area contributed by atoms with E-state index in [1.165, 1.54) is 0 Å². The molecule has 0 fully saturated rings. The molecule has 0 radical (unpaired) electrons. The van der Waals surface area contributed by atoms with Crippen molar-refractivity contribution in [1.82, 2.24) is 5.32 Å². The molecule has 0 heterocycles. The predicted octanol–water partition coefficient (Wildman–Crippen LogP) is 2.41. The minimum absolute atomic E-state index is 0.0705. The Kier molecular flexibility index (Phi) is 5.35. The summed E-state index contributed by atoms with van der Waals surface area (Å²) in [4.78, 5) is 12.0. The summed E-state index contributed by atoms with van der Waals surface area (Å²) in [6.45, 7) is 6.54. The molecule has 0 saturated heterocycles. The lowest BCUT2D eigenvalue weighted by Crippen LogP contribution is -2.49. The van der Waals surface area contributed by atoms with Crippen molar-refractivity contribution in [3.63, 3.8) is 0 Å². The van der Waals surface area contributed by atoms with E-state index in [1.54, 1.807) is 0 Å². The molecule has 0 bridgehead atoms. The normalized spacial score (nSPS) is 15.8. The Hall–Kier alpha value is -1.35. The molecule has 0 saturated carbocycles. The second kappa shape index (κ2) is 6.55. The highest BCUT2D eigenvalue weighted by Crippen LogP contribution is 2.20. The van der Waals surface area contributed by atoms with Gasteiger partial charge in [-0.2, -0.15) is 0 Å². The third kappa shape index (κ3) is 3.84. The van der Waals surface area contributed by atoms with Gasteiger partial charge in [-0.05, 0) is 18.4 Å². The minimum atomic E-state index is -0.480. The van der Waals surface area contributed by atoms with E-state index < -0.39 is 5.54 Å². The smallest absolute Gasteiger partial charge is 0.220 e. The van der Waals surface area contributed by atoms with Crippen molar-refractivity contribution < 1.29 is 4.79 Å². The largest absolute Gasteiger partial charge is 0.346 e. The van der Waals surface area contributed by atoms with Crippen molar-refractivity contribution in [2.45, 2.75) is 39.2 Å². The molecule has 0 aliphatic heterocycles. The highest BCUT2D eigenvalue weighted by molar-refractivity contribution is 5.77. The molecule has 1 rings (SSSR count). The first-order valence-corrected chi connectivity index (χ1v) is 6.58. The monoisotopic (exact) mass is 248 g/mol. The lowest BCUT2D eigenvalue weighted by molar-refractivity contribution is -0.123. The Morgan fingerprint density at radius 1 is 1.39 bits per heavy atom. The van der Waals surface area contributed by atoms with Crippen LogP contribution in [-0.4, -0.2) is 12.5 Å². The second-order valence-electron chi connectivity index (χ2n) is 5.17. The number of hydrogen-bond acceptors (Lipinski definition) is 2. The van der Waals surface area contributed by atoms with Gasteiger partial charge >= 0.3 is 0 Å². The molecule has 0 spiro atoms. The van der Waals surface area contributed by atoms with Crippen LogP contribution in [0.2, 0.25) is 0 Å². The summed E-state index contributed by atoms with van der Waals surface area (Å²) in [6.07, 6.45) is 1.57. The predicted molar refractivity (Wildman–Crippen MR) is 75.1 cm³/mol. The van der Waals surface area contributed by atoms with E-state index in [2.05, 4.69) is 19.2 Å². The average molecular weight is 248 g/mol. The van der Waals surface area contributed by atoms with Crippen LogP contribution >= 0.6 is 0 Å². The summed E-state index contributed by atoms with van der Waals surface area (Å²) in [5.41, 5.74) is 6.40. The number of hydrogen-bond donors (Lipinski definition) is 2. The number of nitrogens with one attached hydrogen (secondary N) is 1. The van der Waals surface area contributed by atoms with Gasteiger partial charge in [0.2, 0.25) is 5.91 Å². The van der Waals surface area contributed by atoms with Gasteiger partial charge in [0, 0.05) is 13.0 Å². The van der Waals surface area contributed by atoms with Crippen LogP contribution in [0.5, 0.6) is 0 Å². The summed E-state index contributed by atoms with van der Waals surface area (Å²) >= 11 is 0. The fraction of sp³-hybridized carbons (Fsp3) is 0.533. The number of benzene rings is 1.